The van der Waals surface area contributed by atoms with Crippen molar-refractivity contribution in [1.82, 2.24) is 19.1 Å². The van der Waals surface area contributed by atoms with E-state index in [4.69, 9.17) is 0 Å². The Hall–Kier alpha value is -3.69. The second-order valence-corrected chi connectivity index (χ2v) is 10.5. The first-order valence-corrected chi connectivity index (χ1v) is 12.4. The van der Waals surface area contributed by atoms with Crippen LogP contribution in [0.25, 0.3) is 10.9 Å². The molecule has 12 heteroatoms. The van der Waals surface area contributed by atoms with Gasteiger partial charge in [0.05, 0.1) is 28.9 Å². The van der Waals surface area contributed by atoms with Gasteiger partial charge in [-0.15, -0.1) is 0 Å². The zero-order valence-electron chi connectivity index (χ0n) is 18.1. The Labute approximate surface area is 194 Å². The molecule has 11 nitrogen and oxygen atoms in total. The Morgan fingerprint density at radius 2 is 2.00 bits per heavy atom. The third-order valence-electron chi connectivity index (χ3n) is 6.32. The summed E-state index contributed by atoms with van der Waals surface area (Å²) in [5.41, 5.74) is 0.00680. The number of fused-ring (bicyclic) bond motifs is 1. The van der Waals surface area contributed by atoms with Gasteiger partial charge in [-0.3, -0.25) is 9.48 Å². The molecule has 0 bridgehead atoms. The highest BCUT2D eigenvalue weighted by Crippen LogP contribution is 2.43. The minimum Gasteiger partial charge on any atom is -0.478 e. The Kier molecular flexibility index (Phi) is 5.38. The summed E-state index contributed by atoms with van der Waals surface area (Å²) >= 11 is 0. The summed E-state index contributed by atoms with van der Waals surface area (Å²) in [4.78, 5) is 27.3. The van der Waals surface area contributed by atoms with Crippen molar-refractivity contribution in [2.75, 3.05) is 18.4 Å². The standard InChI is InChI=1S/C22H22N6O5S/c23-9-8-17(13-2-3-13)28-19-16(22(30)31)12-24-21(29)18(19)20(26-28)25-14-4-6-15(7-5-14)34(32,33)27-10-1-11-27/h4-7,12-13,17H,1-3,8,10-11H2,(H,24,29)(H,25,26)(H,30,31). The second-order valence-electron chi connectivity index (χ2n) is 8.53. The number of aromatic carboxylic acids is 1. The highest BCUT2D eigenvalue weighted by molar-refractivity contribution is 7.89. The van der Waals surface area contributed by atoms with Gasteiger partial charge in [-0.05, 0) is 49.4 Å². The monoisotopic (exact) mass is 482 g/mol. The molecule has 3 heterocycles. The molecule has 1 atom stereocenters. The molecule has 0 amide bonds. The van der Waals surface area contributed by atoms with E-state index >= 15 is 0 Å². The van der Waals surface area contributed by atoms with Crippen LogP contribution in [-0.2, 0) is 10.0 Å². The number of hydrogen-bond donors (Lipinski definition) is 3. The van der Waals surface area contributed by atoms with Gasteiger partial charge >= 0.3 is 5.97 Å². The quantitative estimate of drug-likeness (QED) is 0.441. The van der Waals surface area contributed by atoms with E-state index in [-0.39, 0.29) is 45.6 Å². The van der Waals surface area contributed by atoms with Crippen molar-refractivity contribution in [2.45, 2.75) is 36.6 Å². The SMILES string of the molecule is N#CCC(C1CC1)n1nc(Nc2ccc(S(=O)(=O)N3CCC3)cc2)c2c(=O)[nH]cc(C(=O)O)c21. The number of H-pyrrole nitrogens is 1. The van der Waals surface area contributed by atoms with Crippen LogP contribution >= 0.6 is 0 Å². The molecule has 3 aromatic rings. The molecule has 1 saturated heterocycles. The molecule has 2 fully saturated rings. The average Bonchev–Trinajstić information content (AvgIpc) is 3.53. The number of rotatable bonds is 8. The number of aromatic nitrogens is 3. The molecule has 34 heavy (non-hydrogen) atoms. The van der Waals surface area contributed by atoms with Crippen LogP contribution in [0.4, 0.5) is 11.5 Å². The molecule has 1 saturated carbocycles. The van der Waals surface area contributed by atoms with Crippen molar-refractivity contribution in [3.8, 4) is 6.07 Å². The predicted octanol–water partition coefficient (Wildman–Crippen LogP) is 2.43. The van der Waals surface area contributed by atoms with Gasteiger partial charge in [0.15, 0.2) is 5.82 Å². The minimum atomic E-state index is -3.53. The zero-order valence-corrected chi connectivity index (χ0v) is 18.9. The molecule has 5 rings (SSSR count). The molecule has 1 unspecified atom stereocenters. The first kappa shape index (κ1) is 22.1. The summed E-state index contributed by atoms with van der Waals surface area (Å²) in [6.45, 7) is 1.01. The topological polar surface area (TPSA) is 161 Å². The number of sulfonamides is 1. The third kappa shape index (κ3) is 3.72. The number of carboxylic acids is 1. The summed E-state index contributed by atoms with van der Waals surface area (Å²) in [6.07, 6.45) is 3.91. The molecular formula is C22H22N6O5S. The van der Waals surface area contributed by atoms with Crippen LogP contribution in [0.5, 0.6) is 0 Å². The fraction of sp³-hybridized carbons (Fsp3) is 0.364. The van der Waals surface area contributed by atoms with Crippen LogP contribution in [0.3, 0.4) is 0 Å². The molecule has 0 spiro atoms. The first-order valence-electron chi connectivity index (χ1n) is 10.9. The van der Waals surface area contributed by atoms with Gasteiger partial charge in [0.2, 0.25) is 10.0 Å². The zero-order chi connectivity index (χ0) is 24.0. The number of carbonyl (C=O) groups is 1. The van der Waals surface area contributed by atoms with Gasteiger partial charge in [0.25, 0.3) is 5.56 Å². The van der Waals surface area contributed by atoms with Crippen molar-refractivity contribution < 1.29 is 18.3 Å². The maximum Gasteiger partial charge on any atom is 0.339 e. The van der Waals surface area contributed by atoms with Gasteiger partial charge in [0.1, 0.15) is 10.9 Å². The number of anilines is 2. The number of benzene rings is 1. The van der Waals surface area contributed by atoms with E-state index in [0.717, 1.165) is 25.5 Å². The fourth-order valence-corrected chi connectivity index (χ4v) is 5.74. The third-order valence-corrected chi connectivity index (χ3v) is 8.23. The van der Waals surface area contributed by atoms with Crippen LogP contribution in [0.15, 0.2) is 40.2 Å². The van der Waals surface area contributed by atoms with Gasteiger partial charge in [0, 0.05) is 25.0 Å². The van der Waals surface area contributed by atoms with Crippen molar-refractivity contribution in [2.24, 2.45) is 5.92 Å². The Bertz CT molecular complexity index is 1480. The lowest BCUT2D eigenvalue weighted by Crippen LogP contribution is -2.41. The average molecular weight is 483 g/mol. The maximum absolute atomic E-state index is 12.8. The number of aromatic amines is 1. The second kappa shape index (κ2) is 8.27. The molecule has 0 radical (unpaired) electrons. The molecule has 1 aliphatic carbocycles. The summed E-state index contributed by atoms with van der Waals surface area (Å²) < 4.78 is 28.0. The van der Waals surface area contributed by atoms with Crippen LogP contribution in [0.1, 0.15) is 42.1 Å². The molecular weight excluding hydrogens is 460 g/mol. The highest BCUT2D eigenvalue weighted by Gasteiger charge is 2.36. The number of pyridine rings is 1. The van der Waals surface area contributed by atoms with Crippen molar-refractivity contribution in [3.63, 3.8) is 0 Å². The van der Waals surface area contributed by atoms with Gasteiger partial charge in [-0.2, -0.15) is 14.7 Å². The van der Waals surface area contributed by atoms with Gasteiger partial charge in [-0.1, -0.05) is 0 Å². The number of nitrogens with one attached hydrogen (secondary N) is 2. The van der Waals surface area contributed by atoms with E-state index in [1.54, 1.807) is 12.1 Å². The smallest absolute Gasteiger partial charge is 0.339 e. The summed E-state index contributed by atoms with van der Waals surface area (Å²) in [5.74, 6) is -0.898. The number of nitrogens with zero attached hydrogens (tertiary/aromatic N) is 4. The van der Waals surface area contributed by atoms with E-state index in [1.165, 1.54) is 21.1 Å². The van der Waals surface area contributed by atoms with Crippen molar-refractivity contribution >= 4 is 38.4 Å². The Morgan fingerprint density at radius 3 is 2.56 bits per heavy atom. The van der Waals surface area contributed by atoms with Crippen LogP contribution < -0.4 is 10.9 Å². The Morgan fingerprint density at radius 1 is 1.29 bits per heavy atom. The van der Waals surface area contributed by atoms with E-state index in [1.807, 2.05) is 0 Å². The first-order chi connectivity index (χ1) is 16.3. The number of nitriles is 1. The largest absolute Gasteiger partial charge is 0.478 e. The molecule has 176 valence electrons. The summed E-state index contributed by atoms with van der Waals surface area (Å²) in [6, 6.07) is 7.88. The van der Waals surface area contributed by atoms with Crippen molar-refractivity contribution in [1.29, 1.82) is 5.26 Å². The van der Waals surface area contributed by atoms with Gasteiger partial charge < -0.3 is 15.4 Å². The molecule has 2 aromatic heterocycles. The highest BCUT2D eigenvalue weighted by atomic mass is 32.2. The maximum atomic E-state index is 12.8. The van der Waals surface area contributed by atoms with E-state index < -0.39 is 21.6 Å². The van der Waals surface area contributed by atoms with Crippen LogP contribution in [0, 0.1) is 17.2 Å². The molecule has 1 aromatic carbocycles. The van der Waals surface area contributed by atoms with E-state index in [0.29, 0.717) is 18.8 Å². The lowest BCUT2D eigenvalue weighted by Gasteiger charge is -2.29. The Balaban J connectivity index is 1.57. The van der Waals surface area contributed by atoms with E-state index in [2.05, 4.69) is 21.5 Å². The van der Waals surface area contributed by atoms with E-state index in [9.17, 15) is 28.4 Å². The summed E-state index contributed by atoms with van der Waals surface area (Å²) in [5, 5.41) is 26.7. The van der Waals surface area contributed by atoms with Crippen LogP contribution in [-0.4, -0.2) is 51.7 Å². The molecule has 1 aliphatic heterocycles. The van der Waals surface area contributed by atoms with Gasteiger partial charge in [-0.25, -0.2) is 13.2 Å². The predicted molar refractivity (Wildman–Crippen MR) is 122 cm³/mol. The van der Waals surface area contributed by atoms with Crippen LogP contribution in [0.2, 0.25) is 0 Å². The van der Waals surface area contributed by atoms with Crippen molar-refractivity contribution in [3.05, 3.63) is 46.4 Å². The lowest BCUT2D eigenvalue weighted by atomic mass is 10.1. The molecule has 3 N–H and O–H groups in total. The fourth-order valence-electron chi connectivity index (χ4n) is 4.23. The normalized spacial score (nSPS) is 17.1. The summed E-state index contributed by atoms with van der Waals surface area (Å²) in [7, 11) is -3.53. The number of carboxylic acid groups (broad SMARTS) is 1. The molecule has 2 aliphatic rings. The lowest BCUT2D eigenvalue weighted by molar-refractivity contribution is 0.0698. The number of hydrogen-bond acceptors (Lipinski definition) is 7. The minimum absolute atomic E-state index is 0.0702.